The first-order valence-electron chi connectivity index (χ1n) is 6.35. The van der Waals surface area contributed by atoms with Crippen LogP contribution in [0.25, 0.3) is 0 Å². The van der Waals surface area contributed by atoms with Crippen molar-refractivity contribution in [3.8, 4) is 0 Å². The SMILES string of the molecule is Cc1nc(CN(C(=O)NC(C)(C)C)C2CC2)cs1. The maximum absolute atomic E-state index is 12.2. The largest absolute Gasteiger partial charge is 0.333 e. The lowest BCUT2D eigenvalue weighted by Gasteiger charge is -2.28. The molecule has 0 radical (unpaired) electrons. The molecule has 1 fully saturated rings. The molecule has 1 saturated carbocycles. The highest BCUT2D eigenvalue weighted by molar-refractivity contribution is 7.09. The Balaban J connectivity index is 2.02. The molecule has 0 spiro atoms. The van der Waals surface area contributed by atoms with E-state index < -0.39 is 0 Å². The fraction of sp³-hybridized carbons (Fsp3) is 0.692. The number of nitrogens with zero attached hydrogens (tertiary/aromatic N) is 2. The van der Waals surface area contributed by atoms with Crippen molar-refractivity contribution < 1.29 is 4.79 Å². The third-order valence-electron chi connectivity index (χ3n) is 2.73. The van der Waals surface area contributed by atoms with Crippen LogP contribution in [0.5, 0.6) is 0 Å². The van der Waals surface area contributed by atoms with Crippen LogP contribution >= 0.6 is 11.3 Å². The molecule has 4 nitrogen and oxygen atoms in total. The van der Waals surface area contributed by atoms with Gasteiger partial charge in [0.15, 0.2) is 0 Å². The first-order chi connectivity index (χ1) is 8.35. The summed E-state index contributed by atoms with van der Waals surface area (Å²) in [7, 11) is 0. The summed E-state index contributed by atoms with van der Waals surface area (Å²) >= 11 is 1.63. The third kappa shape index (κ3) is 3.70. The van der Waals surface area contributed by atoms with Crippen LogP contribution in [0.1, 0.15) is 44.3 Å². The van der Waals surface area contributed by atoms with E-state index >= 15 is 0 Å². The van der Waals surface area contributed by atoms with Gasteiger partial charge in [-0.3, -0.25) is 0 Å². The average Bonchev–Trinajstić information content (AvgIpc) is 2.97. The zero-order valence-electron chi connectivity index (χ0n) is 11.5. The minimum atomic E-state index is -0.192. The van der Waals surface area contributed by atoms with Crippen molar-refractivity contribution in [2.24, 2.45) is 0 Å². The summed E-state index contributed by atoms with van der Waals surface area (Å²) in [4.78, 5) is 18.6. The Morgan fingerprint density at radius 3 is 2.67 bits per heavy atom. The van der Waals surface area contributed by atoms with E-state index in [1.54, 1.807) is 11.3 Å². The van der Waals surface area contributed by atoms with Gasteiger partial charge in [0.25, 0.3) is 0 Å². The van der Waals surface area contributed by atoms with Crippen LogP contribution < -0.4 is 5.32 Å². The van der Waals surface area contributed by atoms with Crippen LogP contribution in [-0.2, 0) is 6.54 Å². The molecule has 0 bridgehead atoms. The van der Waals surface area contributed by atoms with E-state index in [0.717, 1.165) is 23.5 Å². The van der Waals surface area contributed by atoms with E-state index in [1.807, 2.05) is 38.0 Å². The zero-order valence-corrected chi connectivity index (χ0v) is 12.3. The first kappa shape index (κ1) is 13.3. The van der Waals surface area contributed by atoms with Crippen molar-refractivity contribution in [1.82, 2.24) is 15.2 Å². The third-order valence-corrected chi connectivity index (χ3v) is 3.55. The van der Waals surface area contributed by atoms with Gasteiger partial charge in [0.05, 0.1) is 17.2 Å². The lowest BCUT2D eigenvalue weighted by Crippen LogP contribution is -2.49. The monoisotopic (exact) mass is 267 g/mol. The molecule has 1 N–H and O–H groups in total. The smallest absolute Gasteiger partial charge is 0.318 e. The van der Waals surface area contributed by atoms with Gasteiger partial charge in [-0.25, -0.2) is 9.78 Å². The summed E-state index contributed by atoms with van der Waals surface area (Å²) in [6.07, 6.45) is 2.22. The number of amides is 2. The molecule has 0 atom stereocenters. The lowest BCUT2D eigenvalue weighted by molar-refractivity contribution is 0.182. The highest BCUT2D eigenvalue weighted by Gasteiger charge is 2.34. The average molecular weight is 267 g/mol. The van der Waals surface area contributed by atoms with E-state index in [1.165, 1.54) is 0 Å². The maximum Gasteiger partial charge on any atom is 0.318 e. The Bertz CT molecular complexity index is 432. The van der Waals surface area contributed by atoms with Gasteiger partial charge in [-0.05, 0) is 40.5 Å². The molecule has 0 saturated heterocycles. The molecule has 1 aliphatic rings. The number of urea groups is 1. The van der Waals surface area contributed by atoms with Crippen molar-refractivity contribution in [2.75, 3.05) is 0 Å². The summed E-state index contributed by atoms with van der Waals surface area (Å²) in [5.74, 6) is 0. The summed E-state index contributed by atoms with van der Waals surface area (Å²) in [5, 5.41) is 6.12. The molecule has 1 heterocycles. The van der Waals surface area contributed by atoms with Crippen molar-refractivity contribution in [3.05, 3.63) is 16.1 Å². The Labute approximate surface area is 112 Å². The highest BCUT2D eigenvalue weighted by atomic mass is 32.1. The van der Waals surface area contributed by atoms with Crippen LogP contribution in [0.15, 0.2) is 5.38 Å². The van der Waals surface area contributed by atoms with Gasteiger partial charge in [0.2, 0.25) is 0 Å². The van der Waals surface area contributed by atoms with Gasteiger partial charge in [-0.15, -0.1) is 11.3 Å². The Hall–Kier alpha value is -1.10. The van der Waals surface area contributed by atoms with E-state index in [2.05, 4.69) is 10.3 Å². The van der Waals surface area contributed by atoms with Gasteiger partial charge in [-0.2, -0.15) is 0 Å². The number of hydrogen-bond acceptors (Lipinski definition) is 3. The quantitative estimate of drug-likeness (QED) is 0.915. The number of hydrogen-bond donors (Lipinski definition) is 1. The summed E-state index contributed by atoms with van der Waals surface area (Å²) < 4.78 is 0. The number of carbonyl (C=O) groups excluding carboxylic acids is 1. The molecule has 5 heteroatoms. The van der Waals surface area contributed by atoms with Crippen molar-refractivity contribution in [3.63, 3.8) is 0 Å². The Morgan fingerprint density at radius 2 is 2.22 bits per heavy atom. The molecule has 100 valence electrons. The lowest BCUT2D eigenvalue weighted by atomic mass is 10.1. The fourth-order valence-electron chi connectivity index (χ4n) is 1.80. The van der Waals surface area contributed by atoms with Crippen LogP contribution in [-0.4, -0.2) is 27.5 Å². The molecular weight excluding hydrogens is 246 g/mol. The molecular formula is C13H21N3OS. The molecule has 1 aliphatic carbocycles. The molecule has 1 aromatic rings. The molecule has 0 unspecified atom stereocenters. The predicted octanol–water partition coefficient (Wildman–Crippen LogP) is 2.92. The highest BCUT2D eigenvalue weighted by Crippen LogP contribution is 2.28. The zero-order chi connectivity index (χ0) is 13.3. The van der Waals surface area contributed by atoms with Gasteiger partial charge in [0, 0.05) is 17.0 Å². The van der Waals surface area contributed by atoms with Crippen LogP contribution in [0, 0.1) is 6.92 Å². The number of nitrogens with one attached hydrogen (secondary N) is 1. The molecule has 2 rings (SSSR count). The van der Waals surface area contributed by atoms with Crippen molar-refractivity contribution in [1.29, 1.82) is 0 Å². The second kappa shape index (κ2) is 4.88. The van der Waals surface area contributed by atoms with Gasteiger partial charge >= 0.3 is 6.03 Å². The van der Waals surface area contributed by atoms with E-state index in [4.69, 9.17) is 0 Å². The summed E-state index contributed by atoms with van der Waals surface area (Å²) in [6.45, 7) is 8.62. The molecule has 0 aromatic carbocycles. The van der Waals surface area contributed by atoms with Crippen LogP contribution in [0.4, 0.5) is 4.79 Å². The van der Waals surface area contributed by atoms with Crippen LogP contribution in [0.3, 0.4) is 0 Å². The summed E-state index contributed by atoms with van der Waals surface area (Å²) in [6, 6.07) is 0.421. The number of aryl methyl sites for hydroxylation is 1. The molecule has 0 aliphatic heterocycles. The Morgan fingerprint density at radius 1 is 1.56 bits per heavy atom. The van der Waals surface area contributed by atoms with Crippen LogP contribution in [0.2, 0.25) is 0 Å². The maximum atomic E-state index is 12.2. The van der Waals surface area contributed by atoms with E-state index in [0.29, 0.717) is 12.6 Å². The number of aromatic nitrogens is 1. The second-order valence-electron chi connectivity index (χ2n) is 5.90. The number of thiazole rings is 1. The standard InChI is InChI=1S/C13H21N3OS/c1-9-14-10(8-18-9)7-16(11-5-6-11)12(17)15-13(2,3)4/h8,11H,5-7H2,1-4H3,(H,15,17). The fourth-order valence-corrected chi connectivity index (χ4v) is 2.40. The molecule has 2 amide bonds. The molecule has 18 heavy (non-hydrogen) atoms. The summed E-state index contributed by atoms with van der Waals surface area (Å²) in [5.41, 5.74) is 0.802. The second-order valence-corrected chi connectivity index (χ2v) is 6.96. The first-order valence-corrected chi connectivity index (χ1v) is 7.23. The van der Waals surface area contributed by atoms with Gasteiger partial charge < -0.3 is 10.2 Å². The minimum Gasteiger partial charge on any atom is -0.333 e. The van der Waals surface area contributed by atoms with E-state index in [9.17, 15) is 4.79 Å². The van der Waals surface area contributed by atoms with Crippen molar-refractivity contribution >= 4 is 17.4 Å². The predicted molar refractivity (Wildman–Crippen MR) is 73.7 cm³/mol. The number of carbonyl (C=O) groups is 1. The topological polar surface area (TPSA) is 45.2 Å². The van der Waals surface area contributed by atoms with Gasteiger partial charge in [-0.1, -0.05) is 0 Å². The van der Waals surface area contributed by atoms with E-state index in [-0.39, 0.29) is 11.6 Å². The Kier molecular flexibility index (Phi) is 3.61. The van der Waals surface area contributed by atoms with Crippen molar-refractivity contribution in [2.45, 2.75) is 58.7 Å². The molecule has 1 aromatic heterocycles. The normalized spacial score (nSPS) is 15.6. The number of rotatable bonds is 3. The van der Waals surface area contributed by atoms with Gasteiger partial charge in [0.1, 0.15) is 0 Å². The minimum absolute atomic E-state index is 0.0238.